The molecule has 0 aromatic rings. The third-order valence-electron chi connectivity index (χ3n) is 3.52. The third kappa shape index (κ3) is 3.87. The fourth-order valence-corrected chi connectivity index (χ4v) is 2.17. The average Bonchev–Trinajstić information content (AvgIpc) is 2.79. The minimum absolute atomic E-state index is 0.758. The van der Waals surface area contributed by atoms with Crippen molar-refractivity contribution in [2.45, 2.75) is 54.9 Å². The molecule has 1 aliphatic heterocycles. The van der Waals surface area contributed by atoms with E-state index in [4.69, 9.17) is 14.9 Å². The normalized spacial score (nSPS) is 37.0. The molecule has 9 atom stereocenters. The van der Waals surface area contributed by atoms with Crippen molar-refractivity contribution in [2.24, 2.45) is 0 Å². The van der Waals surface area contributed by atoms with Crippen molar-refractivity contribution in [3.05, 3.63) is 0 Å². The van der Waals surface area contributed by atoms with Crippen molar-refractivity contribution in [2.75, 3.05) is 13.2 Å². The Labute approximate surface area is 120 Å². The topological polar surface area (TPSA) is 191 Å². The maximum Gasteiger partial charge on any atom is 0.115 e. The predicted molar refractivity (Wildman–Crippen MR) is 64.9 cm³/mol. The van der Waals surface area contributed by atoms with Crippen LogP contribution >= 0.6 is 0 Å². The van der Waals surface area contributed by atoms with Crippen LogP contribution in [-0.4, -0.2) is 114 Å². The van der Waals surface area contributed by atoms with Crippen LogP contribution in [0.2, 0.25) is 0 Å². The van der Waals surface area contributed by atoms with E-state index in [-0.39, 0.29) is 0 Å². The van der Waals surface area contributed by atoms with Crippen molar-refractivity contribution in [1.29, 1.82) is 0 Å². The summed E-state index contributed by atoms with van der Waals surface area (Å²) >= 11 is 0. The Morgan fingerprint density at radius 3 is 1.76 bits per heavy atom. The first-order chi connectivity index (χ1) is 9.76. The fraction of sp³-hybridized carbons (Fsp3) is 1.00. The molecule has 0 radical (unpaired) electrons. The molecule has 1 saturated heterocycles. The molecule has 5 unspecified atom stereocenters. The molecule has 9 N–H and O–H groups in total. The zero-order valence-electron chi connectivity index (χ0n) is 11.0. The number of ether oxygens (including phenoxy) is 1. The lowest BCUT2D eigenvalue weighted by Crippen LogP contribution is -2.52. The molecule has 126 valence electrons. The Morgan fingerprint density at radius 1 is 0.762 bits per heavy atom. The molecule has 10 nitrogen and oxygen atoms in total. The standard InChI is InChI=1S/C11H22O10/c12-1-3(14)5(16)6(17)7(18)11-9(20)8(19)10(21-11)4(15)2-13/h3-20H,1-2H2/t3?,4?,5?,6?,7?,8-,9-,10+,11+/m1/s1. The Hall–Kier alpha value is -0.400. The lowest BCUT2D eigenvalue weighted by atomic mass is 9.95. The molecule has 0 aromatic heterocycles. The van der Waals surface area contributed by atoms with Crippen LogP contribution in [0.5, 0.6) is 0 Å². The van der Waals surface area contributed by atoms with Crippen LogP contribution in [0.25, 0.3) is 0 Å². The molecular weight excluding hydrogens is 292 g/mol. The number of hydrogen-bond acceptors (Lipinski definition) is 10. The van der Waals surface area contributed by atoms with Crippen LogP contribution in [0.3, 0.4) is 0 Å². The van der Waals surface area contributed by atoms with Crippen LogP contribution < -0.4 is 0 Å². The van der Waals surface area contributed by atoms with Gasteiger partial charge in [0.1, 0.15) is 54.9 Å². The molecule has 0 spiro atoms. The third-order valence-corrected chi connectivity index (χ3v) is 3.52. The number of aliphatic hydroxyl groups excluding tert-OH is 9. The smallest absolute Gasteiger partial charge is 0.115 e. The predicted octanol–water partition coefficient (Wildman–Crippen LogP) is -5.74. The van der Waals surface area contributed by atoms with Crippen LogP contribution in [0, 0.1) is 0 Å². The second kappa shape index (κ2) is 7.74. The zero-order chi connectivity index (χ0) is 16.3. The summed E-state index contributed by atoms with van der Waals surface area (Å²) in [5.41, 5.74) is 0. The second-order valence-corrected chi connectivity index (χ2v) is 5.02. The van der Waals surface area contributed by atoms with Crippen LogP contribution in [0.1, 0.15) is 0 Å². The largest absolute Gasteiger partial charge is 0.394 e. The van der Waals surface area contributed by atoms with Gasteiger partial charge in [0.25, 0.3) is 0 Å². The summed E-state index contributed by atoms with van der Waals surface area (Å²) in [6.45, 7) is -1.63. The Kier molecular flexibility index (Phi) is 6.87. The van der Waals surface area contributed by atoms with E-state index in [1.807, 2.05) is 0 Å². The zero-order valence-corrected chi connectivity index (χ0v) is 11.0. The molecule has 1 aliphatic rings. The summed E-state index contributed by atoms with van der Waals surface area (Å²) in [6, 6.07) is 0. The number of hydrogen-bond donors (Lipinski definition) is 9. The van der Waals surface area contributed by atoms with Crippen molar-refractivity contribution < 1.29 is 50.7 Å². The second-order valence-electron chi connectivity index (χ2n) is 5.02. The number of aliphatic hydroxyl groups is 9. The molecule has 1 fully saturated rings. The van der Waals surface area contributed by atoms with Crippen LogP contribution in [0.15, 0.2) is 0 Å². The lowest BCUT2D eigenvalue weighted by Gasteiger charge is -2.30. The first kappa shape index (κ1) is 18.6. The molecule has 0 saturated carbocycles. The minimum atomic E-state index is -1.98. The van der Waals surface area contributed by atoms with Crippen molar-refractivity contribution in [3.63, 3.8) is 0 Å². The Balaban J connectivity index is 2.76. The molecule has 0 bridgehead atoms. The molecule has 0 aromatic carbocycles. The maximum atomic E-state index is 9.85. The van der Waals surface area contributed by atoms with E-state index in [0.717, 1.165) is 0 Å². The highest BCUT2D eigenvalue weighted by atomic mass is 16.6. The van der Waals surface area contributed by atoms with Gasteiger partial charge in [-0.2, -0.15) is 0 Å². The van der Waals surface area contributed by atoms with Gasteiger partial charge in [-0.05, 0) is 0 Å². The van der Waals surface area contributed by atoms with E-state index in [1.54, 1.807) is 0 Å². The summed E-state index contributed by atoms with van der Waals surface area (Å²) in [5, 5.41) is 84.5. The van der Waals surface area contributed by atoms with Gasteiger partial charge in [-0.3, -0.25) is 0 Å². The highest BCUT2D eigenvalue weighted by Gasteiger charge is 2.51. The lowest BCUT2D eigenvalue weighted by molar-refractivity contribution is -0.166. The quantitative estimate of drug-likeness (QED) is 0.219. The first-order valence-corrected chi connectivity index (χ1v) is 6.39. The van der Waals surface area contributed by atoms with Gasteiger partial charge in [-0.15, -0.1) is 0 Å². The van der Waals surface area contributed by atoms with E-state index >= 15 is 0 Å². The first-order valence-electron chi connectivity index (χ1n) is 6.39. The Bertz CT molecular complexity index is 315. The van der Waals surface area contributed by atoms with Gasteiger partial charge in [0.05, 0.1) is 13.2 Å². The van der Waals surface area contributed by atoms with E-state index in [1.165, 1.54) is 0 Å². The van der Waals surface area contributed by atoms with Gasteiger partial charge >= 0.3 is 0 Å². The van der Waals surface area contributed by atoms with Gasteiger partial charge in [0.15, 0.2) is 0 Å². The van der Waals surface area contributed by atoms with Crippen molar-refractivity contribution in [1.82, 2.24) is 0 Å². The monoisotopic (exact) mass is 314 g/mol. The SMILES string of the molecule is OCC(O)C(O)C(O)C(O)[C@@H]1O[C@@H](C(O)CO)[C@H](O)[C@H]1O. The van der Waals surface area contributed by atoms with Crippen LogP contribution in [-0.2, 0) is 4.74 Å². The fourth-order valence-electron chi connectivity index (χ4n) is 2.17. The minimum Gasteiger partial charge on any atom is -0.394 e. The average molecular weight is 314 g/mol. The highest BCUT2D eigenvalue weighted by molar-refractivity contribution is 4.99. The van der Waals surface area contributed by atoms with Crippen molar-refractivity contribution in [3.8, 4) is 0 Å². The molecular formula is C11H22O10. The molecule has 0 amide bonds. The summed E-state index contributed by atoms with van der Waals surface area (Å²) in [6.07, 6.45) is -15.3. The summed E-state index contributed by atoms with van der Waals surface area (Å²) in [7, 11) is 0. The van der Waals surface area contributed by atoms with E-state index in [2.05, 4.69) is 0 Å². The molecule has 1 heterocycles. The van der Waals surface area contributed by atoms with Gasteiger partial charge in [0, 0.05) is 0 Å². The Morgan fingerprint density at radius 2 is 1.29 bits per heavy atom. The summed E-state index contributed by atoms with van der Waals surface area (Å²) in [5.74, 6) is 0. The molecule has 21 heavy (non-hydrogen) atoms. The number of rotatable bonds is 7. The summed E-state index contributed by atoms with van der Waals surface area (Å²) in [4.78, 5) is 0. The molecule has 1 rings (SSSR count). The van der Waals surface area contributed by atoms with Crippen molar-refractivity contribution >= 4 is 0 Å². The van der Waals surface area contributed by atoms with Gasteiger partial charge in [-0.1, -0.05) is 0 Å². The summed E-state index contributed by atoms with van der Waals surface area (Å²) < 4.78 is 5.01. The van der Waals surface area contributed by atoms with Gasteiger partial charge in [0.2, 0.25) is 0 Å². The van der Waals surface area contributed by atoms with Gasteiger partial charge in [-0.25, -0.2) is 0 Å². The maximum absolute atomic E-state index is 9.85. The van der Waals surface area contributed by atoms with E-state index in [9.17, 15) is 35.7 Å². The van der Waals surface area contributed by atoms with E-state index in [0.29, 0.717) is 0 Å². The van der Waals surface area contributed by atoms with E-state index < -0.39 is 68.1 Å². The van der Waals surface area contributed by atoms with Gasteiger partial charge < -0.3 is 50.7 Å². The highest BCUT2D eigenvalue weighted by Crippen LogP contribution is 2.27. The molecule has 0 aliphatic carbocycles. The van der Waals surface area contributed by atoms with Crippen LogP contribution in [0.4, 0.5) is 0 Å². The molecule has 10 heteroatoms.